The Labute approximate surface area is 290 Å². The van der Waals surface area contributed by atoms with E-state index in [0.717, 1.165) is 68.7 Å². The highest BCUT2D eigenvalue weighted by Gasteiger charge is 2.44. The number of nitrogens with one attached hydrogen (secondary N) is 1. The molecule has 9 nitrogen and oxygen atoms in total. The van der Waals surface area contributed by atoms with Gasteiger partial charge in [-0.25, -0.2) is 4.72 Å². The number of nitrogens with zero attached hydrogens (tertiary/aromatic N) is 3. The van der Waals surface area contributed by atoms with Crippen LogP contribution in [0.1, 0.15) is 79.8 Å². The third-order valence-electron chi connectivity index (χ3n) is 11.6. The molecular weight excluding hydrogens is 648 g/mol. The average Bonchev–Trinajstić information content (AvgIpc) is 3.19. The van der Waals surface area contributed by atoms with Crippen molar-refractivity contribution in [3.63, 3.8) is 0 Å². The number of benzene rings is 2. The minimum absolute atomic E-state index is 0.107. The van der Waals surface area contributed by atoms with E-state index in [1.807, 2.05) is 31.2 Å². The maximum Gasteiger partial charge on any atom is 0.304 e. The van der Waals surface area contributed by atoms with Crippen molar-refractivity contribution in [3.8, 4) is 5.75 Å². The minimum atomic E-state index is -4.17. The van der Waals surface area contributed by atoms with Crippen LogP contribution in [0.25, 0.3) is 0 Å². The summed E-state index contributed by atoms with van der Waals surface area (Å²) >= 11 is 6.43. The first-order chi connectivity index (χ1) is 23.1. The van der Waals surface area contributed by atoms with E-state index in [1.165, 1.54) is 21.9 Å². The molecule has 2 N–H and O–H groups in total. The summed E-state index contributed by atoms with van der Waals surface area (Å²) in [6.07, 6.45) is 11.9. The van der Waals surface area contributed by atoms with Crippen molar-refractivity contribution in [2.45, 2.75) is 82.3 Å². The van der Waals surface area contributed by atoms with Gasteiger partial charge in [-0.3, -0.25) is 4.79 Å². The van der Waals surface area contributed by atoms with Gasteiger partial charge in [-0.05, 0) is 125 Å². The Kier molecular flexibility index (Phi) is 9.83. The first-order valence-electron chi connectivity index (χ1n) is 17.8. The number of hydrogen-bond donors (Lipinski definition) is 2. The Morgan fingerprint density at radius 2 is 1.90 bits per heavy atom. The quantitative estimate of drug-likeness (QED) is 0.420. The number of piperidine rings is 1. The topological polar surface area (TPSA) is 102 Å². The van der Waals surface area contributed by atoms with Crippen LogP contribution in [0.15, 0.2) is 48.6 Å². The number of likely N-dealkylation sites (tertiary alicyclic amines) is 1. The molecule has 2 bridgehead atoms. The molecule has 260 valence electrons. The van der Waals surface area contributed by atoms with Gasteiger partial charge in [-0.2, -0.15) is 12.7 Å². The summed E-state index contributed by atoms with van der Waals surface area (Å²) in [7, 11) is -4.17. The van der Waals surface area contributed by atoms with E-state index in [2.05, 4.69) is 26.7 Å². The van der Waals surface area contributed by atoms with Crippen LogP contribution in [-0.4, -0.2) is 86.7 Å². The zero-order valence-corrected chi connectivity index (χ0v) is 29.5. The predicted octanol–water partition coefficient (Wildman–Crippen LogP) is 5.31. The second-order valence-electron chi connectivity index (χ2n) is 14.7. The molecule has 0 unspecified atom stereocenters. The van der Waals surface area contributed by atoms with Crippen molar-refractivity contribution in [1.29, 1.82) is 0 Å². The number of hydrogen-bond acceptors (Lipinski definition) is 7. The third-order valence-corrected chi connectivity index (χ3v) is 13.4. The minimum Gasteiger partial charge on any atom is -0.490 e. The summed E-state index contributed by atoms with van der Waals surface area (Å²) in [5.41, 5.74) is 3.31. The summed E-state index contributed by atoms with van der Waals surface area (Å²) < 4.78 is 38.2. The molecule has 48 heavy (non-hydrogen) atoms. The van der Waals surface area contributed by atoms with E-state index in [1.54, 1.807) is 12.1 Å². The zero-order chi connectivity index (χ0) is 33.5. The van der Waals surface area contributed by atoms with Gasteiger partial charge in [0.1, 0.15) is 5.75 Å². The molecule has 1 saturated carbocycles. The third kappa shape index (κ3) is 6.88. The van der Waals surface area contributed by atoms with Gasteiger partial charge in [0.25, 0.3) is 5.91 Å². The van der Waals surface area contributed by atoms with Crippen molar-refractivity contribution >= 4 is 33.4 Å². The van der Waals surface area contributed by atoms with Crippen LogP contribution in [0.2, 0.25) is 5.02 Å². The largest absolute Gasteiger partial charge is 0.490 e. The molecule has 2 fully saturated rings. The smallest absolute Gasteiger partial charge is 0.304 e. The van der Waals surface area contributed by atoms with Gasteiger partial charge < -0.3 is 19.6 Å². The van der Waals surface area contributed by atoms with Crippen molar-refractivity contribution in [1.82, 2.24) is 13.9 Å². The van der Waals surface area contributed by atoms with Gasteiger partial charge >= 0.3 is 10.2 Å². The molecular formula is C37H49ClN4O5S. The lowest BCUT2D eigenvalue weighted by Crippen LogP contribution is -2.50. The van der Waals surface area contributed by atoms with Gasteiger partial charge in [0.05, 0.1) is 18.4 Å². The Morgan fingerprint density at radius 1 is 1.06 bits per heavy atom. The number of halogens is 1. The van der Waals surface area contributed by atoms with E-state index >= 15 is 0 Å². The molecule has 11 heteroatoms. The number of aliphatic hydroxyl groups excluding tert-OH is 1. The number of amides is 1. The predicted molar refractivity (Wildman–Crippen MR) is 189 cm³/mol. The molecule has 2 aromatic rings. The molecule has 3 aliphatic heterocycles. The molecule has 3 heterocycles. The second-order valence-corrected chi connectivity index (χ2v) is 16.8. The number of fused-ring (bicyclic) bond motifs is 4. The highest BCUT2D eigenvalue weighted by atomic mass is 35.5. The molecule has 5 atom stereocenters. The van der Waals surface area contributed by atoms with Crippen molar-refractivity contribution < 1.29 is 23.1 Å². The van der Waals surface area contributed by atoms with E-state index in [4.69, 9.17) is 16.3 Å². The maximum absolute atomic E-state index is 13.9. The molecule has 0 aromatic heterocycles. The number of anilines is 1. The fourth-order valence-electron chi connectivity index (χ4n) is 8.72. The summed E-state index contributed by atoms with van der Waals surface area (Å²) in [5.74, 6) is 0.409. The maximum atomic E-state index is 13.9. The monoisotopic (exact) mass is 696 g/mol. The Morgan fingerprint density at radius 3 is 2.69 bits per heavy atom. The van der Waals surface area contributed by atoms with Gasteiger partial charge in [-0.1, -0.05) is 36.2 Å². The van der Waals surface area contributed by atoms with Gasteiger partial charge in [0.2, 0.25) is 0 Å². The number of aryl methyl sites for hydroxylation is 1. The lowest BCUT2D eigenvalue weighted by Gasteiger charge is -2.45. The fourth-order valence-corrected chi connectivity index (χ4v) is 10.3. The molecule has 2 aliphatic carbocycles. The lowest BCUT2D eigenvalue weighted by molar-refractivity contribution is 0.0455. The Balaban J connectivity index is 1.23. The van der Waals surface area contributed by atoms with Gasteiger partial charge in [0.15, 0.2) is 0 Å². The molecule has 1 saturated heterocycles. The molecule has 5 aliphatic rings. The standard InChI is InChI=1S/C37H49ClN4O5S/c1-26-7-5-9-34(43)31-13-10-29(31)23-41-24-37(16-6-8-27-21-30(38)12-14-32(27)37)25-47-35-15-11-28(22-33(35)41)36(44)39-48(45,46)42(26)20-19-40-17-3-2-4-18-40/h5,9,11-12,14-15,21-22,26,29,31,34,43H,2-4,6-8,10,13,16-20,23-25H2,1H3,(H,39,44)/b9-5+/t26-,29-,31+,34-,37-/m0/s1. The van der Waals surface area contributed by atoms with Crippen molar-refractivity contribution in [2.24, 2.45) is 11.8 Å². The molecule has 2 aromatic carbocycles. The van der Waals surface area contributed by atoms with Gasteiger partial charge in [-0.15, -0.1) is 0 Å². The Hall–Kier alpha value is -2.63. The van der Waals surface area contributed by atoms with Crippen LogP contribution in [-0.2, 0) is 22.0 Å². The van der Waals surface area contributed by atoms with Crippen LogP contribution in [0.5, 0.6) is 5.75 Å². The van der Waals surface area contributed by atoms with Crippen molar-refractivity contribution in [2.75, 3.05) is 50.8 Å². The summed E-state index contributed by atoms with van der Waals surface area (Å²) in [4.78, 5) is 18.4. The highest BCUT2D eigenvalue weighted by molar-refractivity contribution is 7.87. The van der Waals surface area contributed by atoms with Crippen LogP contribution >= 0.6 is 11.6 Å². The molecule has 7 rings (SSSR count). The van der Waals surface area contributed by atoms with E-state index in [-0.39, 0.29) is 29.4 Å². The number of carbonyl (C=O) groups excluding carboxylic acids is 1. The summed E-state index contributed by atoms with van der Waals surface area (Å²) in [5, 5.41) is 12.1. The number of carbonyl (C=O) groups is 1. The molecule has 1 amide bonds. The van der Waals surface area contributed by atoms with Crippen LogP contribution < -0.4 is 14.4 Å². The summed E-state index contributed by atoms with van der Waals surface area (Å²) in [6.45, 7) is 6.57. The Bertz CT molecular complexity index is 1650. The van der Waals surface area contributed by atoms with E-state index in [0.29, 0.717) is 38.4 Å². The first kappa shape index (κ1) is 33.8. The van der Waals surface area contributed by atoms with Crippen molar-refractivity contribution in [3.05, 3.63) is 70.3 Å². The molecule has 1 spiro atoms. The molecule has 0 radical (unpaired) electrons. The van der Waals surface area contributed by atoms with E-state index in [9.17, 15) is 18.3 Å². The average molecular weight is 697 g/mol. The zero-order valence-electron chi connectivity index (χ0n) is 27.9. The number of rotatable bonds is 3. The first-order valence-corrected chi connectivity index (χ1v) is 19.7. The second kappa shape index (κ2) is 13.9. The number of ether oxygens (including phenoxy) is 1. The normalized spacial score (nSPS) is 31.8. The van der Waals surface area contributed by atoms with Gasteiger partial charge in [0, 0.05) is 48.2 Å². The SMILES string of the molecule is C[C@H]1C/C=C/[C@H](O)[C@@H]2CC[C@H]2CN2C[C@@]3(CCCc4cc(Cl)ccc43)COc3ccc(cc32)C(=O)NS(=O)(=O)N1CCN1CCCCC1. The summed E-state index contributed by atoms with van der Waals surface area (Å²) in [6, 6.07) is 11.1. The lowest BCUT2D eigenvalue weighted by atomic mass is 9.68. The number of aliphatic hydroxyl groups is 1. The van der Waals surface area contributed by atoms with E-state index < -0.39 is 28.3 Å². The van der Waals surface area contributed by atoms with Crippen LogP contribution in [0.4, 0.5) is 5.69 Å². The van der Waals surface area contributed by atoms with Crippen LogP contribution in [0.3, 0.4) is 0 Å². The van der Waals surface area contributed by atoms with Crippen LogP contribution in [0, 0.1) is 11.8 Å². The fraction of sp³-hybridized carbons (Fsp3) is 0.595. The highest BCUT2D eigenvalue weighted by Crippen LogP contribution is 2.46.